The van der Waals surface area contributed by atoms with Crippen molar-refractivity contribution in [1.82, 2.24) is 4.90 Å². The maximum atomic E-state index is 11.9. The topological polar surface area (TPSA) is 79.2 Å². The molecule has 20 heavy (non-hydrogen) atoms. The second kappa shape index (κ2) is 5.51. The zero-order chi connectivity index (χ0) is 14.1. The van der Waals surface area contributed by atoms with Gasteiger partial charge in [-0.1, -0.05) is 12.1 Å². The van der Waals surface area contributed by atoms with Crippen molar-refractivity contribution in [3.05, 3.63) is 23.8 Å². The minimum atomic E-state index is -0.936. The summed E-state index contributed by atoms with van der Waals surface area (Å²) in [6.07, 6.45) is -0.936. The number of rotatable bonds is 4. The lowest BCUT2D eigenvalue weighted by molar-refractivity contribution is -0.129. The van der Waals surface area contributed by atoms with Crippen LogP contribution in [0, 0.1) is 0 Å². The van der Waals surface area contributed by atoms with Crippen LogP contribution in [0.1, 0.15) is 10.9 Å². The lowest BCUT2D eigenvalue weighted by Crippen LogP contribution is -2.37. The predicted octanol–water partition coefficient (Wildman–Crippen LogP) is 0.343. The van der Waals surface area contributed by atoms with E-state index in [4.69, 9.17) is 14.6 Å². The number of para-hydroxylation sites is 1. The Balaban J connectivity index is 1.89. The molecule has 2 aliphatic rings. The van der Waals surface area contributed by atoms with E-state index in [1.54, 1.807) is 4.90 Å². The van der Waals surface area contributed by atoms with Crippen molar-refractivity contribution in [3.63, 3.8) is 0 Å². The van der Waals surface area contributed by atoms with Gasteiger partial charge in [-0.3, -0.25) is 4.79 Å². The smallest absolute Gasteiger partial charge is 0.233 e. The molecule has 108 valence electrons. The summed E-state index contributed by atoms with van der Waals surface area (Å²) in [5, 5.41) is 18.3. The SMILES string of the molecule is O=C1CSC(c2cccc3c2OCO3)N1CC(O)CO. The number of fused-ring (bicyclic) bond motifs is 1. The van der Waals surface area contributed by atoms with E-state index in [9.17, 15) is 9.90 Å². The van der Waals surface area contributed by atoms with Crippen molar-refractivity contribution in [1.29, 1.82) is 0 Å². The second-order valence-corrected chi connectivity index (χ2v) is 5.70. The van der Waals surface area contributed by atoms with Gasteiger partial charge in [0.05, 0.1) is 25.0 Å². The van der Waals surface area contributed by atoms with Crippen LogP contribution in [0.2, 0.25) is 0 Å². The van der Waals surface area contributed by atoms with Gasteiger partial charge in [0.1, 0.15) is 5.37 Å². The van der Waals surface area contributed by atoms with Crippen molar-refractivity contribution >= 4 is 17.7 Å². The lowest BCUT2D eigenvalue weighted by atomic mass is 10.1. The minimum Gasteiger partial charge on any atom is -0.454 e. The van der Waals surface area contributed by atoms with Gasteiger partial charge in [0.2, 0.25) is 12.7 Å². The van der Waals surface area contributed by atoms with Crippen molar-refractivity contribution in [2.75, 3.05) is 25.7 Å². The Labute approximate surface area is 120 Å². The summed E-state index contributed by atoms with van der Waals surface area (Å²) in [6, 6.07) is 5.56. The summed E-state index contributed by atoms with van der Waals surface area (Å²) in [7, 11) is 0. The van der Waals surface area contributed by atoms with Gasteiger partial charge in [-0.15, -0.1) is 11.8 Å². The fraction of sp³-hybridized carbons (Fsp3) is 0.462. The van der Waals surface area contributed by atoms with Crippen LogP contribution in [0.5, 0.6) is 11.5 Å². The molecule has 0 aromatic heterocycles. The van der Waals surface area contributed by atoms with Gasteiger partial charge in [0.25, 0.3) is 0 Å². The van der Waals surface area contributed by atoms with E-state index in [0.29, 0.717) is 17.3 Å². The first-order valence-corrected chi connectivity index (χ1v) is 7.34. The Morgan fingerprint density at radius 2 is 2.30 bits per heavy atom. The molecule has 2 unspecified atom stereocenters. The van der Waals surface area contributed by atoms with E-state index >= 15 is 0 Å². The first-order valence-electron chi connectivity index (χ1n) is 6.29. The number of β-amino-alcohol motifs (C(OH)–C–C–N with tert-alkyl or cyclic N) is 1. The maximum absolute atomic E-state index is 11.9. The Morgan fingerprint density at radius 1 is 1.45 bits per heavy atom. The summed E-state index contributed by atoms with van der Waals surface area (Å²) in [4.78, 5) is 13.5. The molecule has 1 aromatic rings. The highest BCUT2D eigenvalue weighted by Gasteiger charge is 2.37. The third-order valence-electron chi connectivity index (χ3n) is 3.28. The molecule has 0 saturated carbocycles. The van der Waals surface area contributed by atoms with Gasteiger partial charge in [0.15, 0.2) is 11.5 Å². The number of benzene rings is 1. The van der Waals surface area contributed by atoms with Crippen molar-refractivity contribution in [2.45, 2.75) is 11.5 Å². The normalized spacial score (nSPS) is 22.4. The zero-order valence-electron chi connectivity index (χ0n) is 10.7. The van der Waals surface area contributed by atoms with Crippen LogP contribution in [0.25, 0.3) is 0 Å². The largest absolute Gasteiger partial charge is 0.454 e. The molecule has 1 saturated heterocycles. The molecule has 1 fully saturated rings. The van der Waals surface area contributed by atoms with E-state index in [-0.39, 0.29) is 31.2 Å². The number of hydrogen-bond donors (Lipinski definition) is 2. The highest BCUT2D eigenvalue weighted by atomic mass is 32.2. The number of carbonyl (C=O) groups excluding carboxylic acids is 1. The highest BCUT2D eigenvalue weighted by molar-refractivity contribution is 8.00. The fourth-order valence-corrected chi connectivity index (χ4v) is 3.56. The van der Waals surface area contributed by atoms with Crippen LogP contribution < -0.4 is 9.47 Å². The highest BCUT2D eigenvalue weighted by Crippen LogP contribution is 2.46. The van der Waals surface area contributed by atoms with Gasteiger partial charge in [-0.05, 0) is 6.07 Å². The minimum absolute atomic E-state index is 0.0518. The van der Waals surface area contributed by atoms with Crippen LogP contribution in [-0.2, 0) is 4.79 Å². The quantitative estimate of drug-likeness (QED) is 0.834. The standard InChI is InChI=1S/C13H15NO5S/c15-5-8(16)4-14-11(17)6-20-13(14)9-2-1-3-10-12(9)19-7-18-10/h1-3,8,13,15-16H,4-7H2. The molecule has 1 amide bonds. The Bertz CT molecular complexity index is 523. The van der Waals surface area contributed by atoms with Crippen LogP contribution in [0.3, 0.4) is 0 Å². The second-order valence-electron chi connectivity index (χ2n) is 4.63. The predicted molar refractivity (Wildman–Crippen MR) is 72.6 cm³/mol. The number of nitrogens with zero attached hydrogens (tertiary/aromatic N) is 1. The summed E-state index contributed by atoms with van der Waals surface area (Å²) in [5.41, 5.74) is 0.862. The monoisotopic (exact) mass is 297 g/mol. The number of ether oxygens (including phenoxy) is 2. The average molecular weight is 297 g/mol. The first-order chi connectivity index (χ1) is 9.70. The molecular formula is C13H15NO5S. The van der Waals surface area contributed by atoms with E-state index in [1.165, 1.54) is 11.8 Å². The average Bonchev–Trinajstić information content (AvgIpc) is 3.06. The molecule has 2 atom stereocenters. The molecule has 0 spiro atoms. The first kappa shape index (κ1) is 13.5. The van der Waals surface area contributed by atoms with Crippen molar-refractivity contribution < 1.29 is 24.5 Å². The summed E-state index contributed by atoms with van der Waals surface area (Å²) in [5.74, 6) is 1.63. The third kappa shape index (κ3) is 2.32. The number of aliphatic hydroxyl groups excluding tert-OH is 2. The fourth-order valence-electron chi connectivity index (χ4n) is 2.34. The van der Waals surface area contributed by atoms with Gasteiger partial charge in [-0.2, -0.15) is 0 Å². The van der Waals surface area contributed by atoms with E-state index < -0.39 is 6.10 Å². The van der Waals surface area contributed by atoms with Crippen LogP contribution in [-0.4, -0.2) is 52.8 Å². The van der Waals surface area contributed by atoms with E-state index in [0.717, 1.165) is 5.56 Å². The molecule has 2 N–H and O–H groups in total. The van der Waals surface area contributed by atoms with Crippen LogP contribution in [0.4, 0.5) is 0 Å². The molecule has 0 radical (unpaired) electrons. The molecule has 0 aliphatic carbocycles. The molecule has 2 heterocycles. The van der Waals surface area contributed by atoms with Gasteiger partial charge < -0.3 is 24.6 Å². The summed E-state index contributed by atoms with van der Waals surface area (Å²) < 4.78 is 10.8. The van der Waals surface area contributed by atoms with Crippen LogP contribution >= 0.6 is 11.8 Å². The molecule has 3 rings (SSSR count). The number of aliphatic hydroxyl groups is 2. The lowest BCUT2D eigenvalue weighted by Gasteiger charge is -2.26. The molecule has 2 aliphatic heterocycles. The Morgan fingerprint density at radius 3 is 3.10 bits per heavy atom. The van der Waals surface area contributed by atoms with Crippen LogP contribution in [0.15, 0.2) is 18.2 Å². The molecular weight excluding hydrogens is 282 g/mol. The number of thioether (sulfide) groups is 1. The summed E-state index contributed by atoms with van der Waals surface area (Å²) >= 11 is 1.48. The van der Waals surface area contributed by atoms with Gasteiger partial charge in [-0.25, -0.2) is 0 Å². The number of carbonyl (C=O) groups is 1. The van der Waals surface area contributed by atoms with Gasteiger partial charge in [0, 0.05) is 5.56 Å². The van der Waals surface area contributed by atoms with E-state index in [1.807, 2.05) is 18.2 Å². The number of hydrogen-bond acceptors (Lipinski definition) is 6. The molecule has 1 aromatic carbocycles. The molecule has 6 nitrogen and oxygen atoms in total. The Kier molecular flexibility index (Phi) is 3.73. The third-order valence-corrected chi connectivity index (χ3v) is 4.52. The molecule has 7 heteroatoms. The number of amides is 1. The van der Waals surface area contributed by atoms with Gasteiger partial charge >= 0.3 is 0 Å². The van der Waals surface area contributed by atoms with E-state index in [2.05, 4.69) is 0 Å². The molecule has 0 bridgehead atoms. The maximum Gasteiger partial charge on any atom is 0.233 e. The van der Waals surface area contributed by atoms with Crippen molar-refractivity contribution in [3.8, 4) is 11.5 Å². The Hall–Kier alpha value is -1.44. The van der Waals surface area contributed by atoms with Crippen molar-refractivity contribution in [2.24, 2.45) is 0 Å². The summed E-state index contributed by atoms with van der Waals surface area (Å²) in [6.45, 7) is -0.0812. The zero-order valence-corrected chi connectivity index (χ0v) is 11.5.